The molecule has 4 aromatic rings. The summed E-state index contributed by atoms with van der Waals surface area (Å²) in [5.74, 6) is 0.548. The molecule has 1 amide bonds. The van der Waals surface area contributed by atoms with E-state index in [1.54, 1.807) is 10.9 Å². The average molecular weight is 456 g/mol. The number of nitrogens with zero attached hydrogens (tertiary/aromatic N) is 5. The van der Waals surface area contributed by atoms with Gasteiger partial charge < -0.3 is 4.90 Å². The van der Waals surface area contributed by atoms with Crippen molar-refractivity contribution in [2.75, 3.05) is 13.1 Å². The Morgan fingerprint density at radius 1 is 1.03 bits per heavy atom. The molecule has 3 heterocycles. The van der Waals surface area contributed by atoms with Crippen LogP contribution in [0.2, 0.25) is 0 Å². The van der Waals surface area contributed by atoms with Crippen LogP contribution in [0.4, 0.5) is 0 Å². The van der Waals surface area contributed by atoms with Crippen LogP contribution in [0.15, 0.2) is 65.8 Å². The van der Waals surface area contributed by atoms with Gasteiger partial charge >= 0.3 is 0 Å². The van der Waals surface area contributed by atoms with Crippen molar-refractivity contribution in [2.24, 2.45) is 5.92 Å². The Morgan fingerprint density at radius 2 is 1.79 bits per heavy atom. The van der Waals surface area contributed by atoms with Gasteiger partial charge in [0.05, 0.1) is 11.9 Å². The highest BCUT2D eigenvalue weighted by Crippen LogP contribution is 2.22. The summed E-state index contributed by atoms with van der Waals surface area (Å²) >= 11 is 0. The SMILES string of the molecule is Cc1cccc(-n2ncc3c(=O)n(CC(=O)N4CCC(Cc5ccccc5)CC4)cnc32)c1C. The molecule has 0 bridgehead atoms. The van der Waals surface area contributed by atoms with Gasteiger partial charge in [-0.1, -0.05) is 42.5 Å². The molecule has 1 saturated heterocycles. The molecule has 2 aromatic carbocycles. The van der Waals surface area contributed by atoms with E-state index in [2.05, 4.69) is 34.3 Å². The minimum absolute atomic E-state index is 0.000220. The van der Waals surface area contributed by atoms with Crippen LogP contribution < -0.4 is 5.56 Å². The zero-order valence-corrected chi connectivity index (χ0v) is 19.6. The molecule has 0 N–H and O–H groups in total. The summed E-state index contributed by atoms with van der Waals surface area (Å²) in [6.07, 6.45) is 6.02. The predicted molar refractivity (Wildman–Crippen MR) is 132 cm³/mol. The van der Waals surface area contributed by atoms with Gasteiger partial charge in [-0.15, -0.1) is 0 Å². The molecule has 0 unspecified atom stereocenters. The van der Waals surface area contributed by atoms with E-state index in [1.165, 1.54) is 16.5 Å². The number of amides is 1. The Hall–Kier alpha value is -3.74. The maximum atomic E-state index is 13.1. The van der Waals surface area contributed by atoms with E-state index in [4.69, 9.17) is 0 Å². The number of carbonyl (C=O) groups is 1. The molecular formula is C27H29N5O2. The van der Waals surface area contributed by atoms with Gasteiger partial charge in [-0.25, -0.2) is 9.67 Å². The number of aromatic nitrogens is 4. The van der Waals surface area contributed by atoms with Crippen LogP contribution in [-0.2, 0) is 17.8 Å². The van der Waals surface area contributed by atoms with Crippen molar-refractivity contribution in [2.45, 2.75) is 39.7 Å². The Kier molecular flexibility index (Phi) is 6.01. The topological polar surface area (TPSA) is 73.0 Å². The van der Waals surface area contributed by atoms with Gasteiger partial charge in [0, 0.05) is 13.1 Å². The van der Waals surface area contributed by atoms with Crippen LogP contribution in [0.1, 0.15) is 29.5 Å². The summed E-state index contributed by atoms with van der Waals surface area (Å²) in [7, 11) is 0. The third-order valence-corrected chi connectivity index (χ3v) is 7.00. The zero-order valence-electron chi connectivity index (χ0n) is 19.6. The molecular weight excluding hydrogens is 426 g/mol. The molecule has 0 aliphatic carbocycles. The van der Waals surface area contributed by atoms with E-state index < -0.39 is 0 Å². The van der Waals surface area contributed by atoms with E-state index in [0.29, 0.717) is 17.0 Å². The average Bonchev–Trinajstić information content (AvgIpc) is 3.28. The van der Waals surface area contributed by atoms with Crippen molar-refractivity contribution in [3.8, 4) is 5.69 Å². The highest BCUT2D eigenvalue weighted by atomic mass is 16.2. The van der Waals surface area contributed by atoms with Gasteiger partial charge in [0.2, 0.25) is 5.91 Å². The molecule has 1 aliphatic rings. The predicted octanol–water partition coefficient (Wildman–Crippen LogP) is 3.68. The van der Waals surface area contributed by atoms with Gasteiger partial charge in [0.25, 0.3) is 5.56 Å². The Balaban J connectivity index is 1.28. The summed E-state index contributed by atoms with van der Waals surface area (Å²) in [6.45, 7) is 5.53. The van der Waals surface area contributed by atoms with Gasteiger partial charge in [-0.2, -0.15) is 5.10 Å². The number of hydrogen-bond donors (Lipinski definition) is 0. The fraction of sp³-hybridized carbons (Fsp3) is 0.333. The van der Waals surface area contributed by atoms with Crippen LogP contribution in [0.25, 0.3) is 16.7 Å². The van der Waals surface area contributed by atoms with Gasteiger partial charge in [-0.05, 0) is 61.8 Å². The maximum absolute atomic E-state index is 13.1. The number of aryl methyl sites for hydroxylation is 1. The lowest BCUT2D eigenvalue weighted by Crippen LogP contribution is -2.41. The second kappa shape index (κ2) is 9.25. The second-order valence-corrected chi connectivity index (χ2v) is 9.20. The lowest BCUT2D eigenvalue weighted by molar-refractivity contribution is -0.133. The van der Waals surface area contributed by atoms with Crippen molar-refractivity contribution in [1.82, 2.24) is 24.2 Å². The van der Waals surface area contributed by atoms with Crippen molar-refractivity contribution in [3.63, 3.8) is 0 Å². The summed E-state index contributed by atoms with van der Waals surface area (Å²) in [5.41, 5.74) is 4.74. The standard InChI is InChI=1S/C27H29N5O2/c1-19-7-6-10-24(20(19)2)32-26-23(16-29-32)27(34)31(18-28-26)17-25(33)30-13-11-22(12-14-30)15-21-8-4-3-5-9-21/h3-10,16,18,22H,11-15,17H2,1-2H3. The Bertz CT molecular complexity index is 1380. The minimum atomic E-state index is -0.242. The monoisotopic (exact) mass is 455 g/mol. The summed E-state index contributed by atoms with van der Waals surface area (Å²) in [6, 6.07) is 16.5. The first-order valence-electron chi connectivity index (χ1n) is 11.8. The smallest absolute Gasteiger partial charge is 0.264 e. The molecule has 2 aromatic heterocycles. The first-order valence-corrected chi connectivity index (χ1v) is 11.8. The number of carbonyl (C=O) groups excluding carboxylic acids is 1. The molecule has 0 spiro atoms. The van der Waals surface area contributed by atoms with Gasteiger partial charge in [-0.3, -0.25) is 14.2 Å². The Labute approximate surface area is 198 Å². The van der Waals surface area contributed by atoms with E-state index >= 15 is 0 Å². The number of likely N-dealkylation sites (tertiary alicyclic amines) is 1. The molecule has 0 saturated carbocycles. The Morgan fingerprint density at radius 3 is 2.56 bits per heavy atom. The third kappa shape index (κ3) is 4.25. The van der Waals surface area contributed by atoms with Crippen LogP contribution in [-0.4, -0.2) is 43.2 Å². The van der Waals surface area contributed by atoms with E-state index in [-0.39, 0.29) is 18.0 Å². The number of rotatable bonds is 5. The van der Waals surface area contributed by atoms with Crippen LogP contribution in [0, 0.1) is 19.8 Å². The fourth-order valence-electron chi connectivity index (χ4n) is 4.78. The minimum Gasteiger partial charge on any atom is -0.341 e. The van der Waals surface area contributed by atoms with Crippen LogP contribution in [0.5, 0.6) is 0 Å². The number of benzene rings is 2. The number of fused-ring (bicyclic) bond motifs is 1. The van der Waals surface area contributed by atoms with Gasteiger partial charge in [0.15, 0.2) is 5.65 Å². The largest absolute Gasteiger partial charge is 0.341 e. The molecule has 174 valence electrons. The molecule has 7 nitrogen and oxygen atoms in total. The number of piperidine rings is 1. The quantitative estimate of drug-likeness (QED) is 0.460. The summed E-state index contributed by atoms with van der Waals surface area (Å²) < 4.78 is 3.10. The van der Waals surface area contributed by atoms with Gasteiger partial charge in [0.1, 0.15) is 18.3 Å². The molecule has 0 atom stereocenters. The molecule has 34 heavy (non-hydrogen) atoms. The van der Waals surface area contributed by atoms with Crippen LogP contribution >= 0.6 is 0 Å². The van der Waals surface area contributed by atoms with Crippen LogP contribution in [0.3, 0.4) is 0 Å². The van der Waals surface area contributed by atoms with Crippen molar-refractivity contribution in [1.29, 1.82) is 0 Å². The molecule has 7 heteroatoms. The molecule has 1 aliphatic heterocycles. The van der Waals surface area contributed by atoms with E-state index in [0.717, 1.165) is 49.2 Å². The van der Waals surface area contributed by atoms with Crippen molar-refractivity contribution < 1.29 is 4.79 Å². The molecule has 0 radical (unpaired) electrons. The normalized spacial score (nSPS) is 14.6. The van der Waals surface area contributed by atoms with Crippen molar-refractivity contribution >= 4 is 16.9 Å². The van der Waals surface area contributed by atoms with E-state index in [1.807, 2.05) is 43.0 Å². The van der Waals surface area contributed by atoms with Crippen molar-refractivity contribution in [3.05, 3.63) is 88.1 Å². The fourth-order valence-corrected chi connectivity index (χ4v) is 4.78. The summed E-state index contributed by atoms with van der Waals surface area (Å²) in [5, 5.41) is 4.84. The molecule has 1 fully saturated rings. The first-order chi connectivity index (χ1) is 16.5. The highest BCUT2D eigenvalue weighted by Gasteiger charge is 2.24. The highest BCUT2D eigenvalue weighted by molar-refractivity contribution is 5.78. The first kappa shape index (κ1) is 22.1. The second-order valence-electron chi connectivity index (χ2n) is 9.20. The maximum Gasteiger partial charge on any atom is 0.264 e. The third-order valence-electron chi connectivity index (χ3n) is 7.00. The lowest BCUT2D eigenvalue weighted by atomic mass is 9.90. The zero-order chi connectivity index (χ0) is 23.7. The molecule has 5 rings (SSSR count). The summed E-state index contributed by atoms with van der Waals surface area (Å²) in [4.78, 5) is 32.4. The lowest BCUT2D eigenvalue weighted by Gasteiger charge is -2.32. The number of hydrogen-bond acceptors (Lipinski definition) is 4. The van der Waals surface area contributed by atoms with E-state index in [9.17, 15) is 9.59 Å².